The lowest BCUT2D eigenvalue weighted by Crippen LogP contribution is -2.48. The van der Waals surface area contributed by atoms with Crippen LogP contribution in [0.3, 0.4) is 0 Å². The standard InChI is InChI=1S/C22H24N4O3S/c27-20-19-18(17(14-30-19)15-5-2-1-3-6-15)23-22(24-20)26-8-4-7-16(13-26)21(28)25-9-11-29-12-10-25/h1-3,5-6,14,16H,4,7-13H2,(H,23,24,27). The first-order chi connectivity index (χ1) is 14.7. The van der Waals surface area contributed by atoms with E-state index in [0.717, 1.165) is 36.0 Å². The minimum absolute atomic E-state index is 0.0751. The number of amides is 1. The molecule has 2 saturated heterocycles. The van der Waals surface area contributed by atoms with Crippen molar-refractivity contribution in [2.75, 3.05) is 44.3 Å². The van der Waals surface area contributed by atoms with Crippen LogP contribution in [-0.2, 0) is 9.53 Å². The minimum atomic E-state index is -0.121. The van der Waals surface area contributed by atoms with Crippen LogP contribution in [0.5, 0.6) is 0 Å². The second kappa shape index (κ2) is 8.20. The van der Waals surface area contributed by atoms with Crippen molar-refractivity contribution in [3.8, 4) is 11.1 Å². The Hall–Kier alpha value is -2.71. The molecular formula is C22H24N4O3S. The van der Waals surface area contributed by atoms with E-state index in [1.54, 1.807) is 0 Å². The highest BCUT2D eigenvalue weighted by atomic mass is 32.1. The maximum Gasteiger partial charge on any atom is 0.270 e. The number of nitrogens with one attached hydrogen (secondary N) is 1. The Morgan fingerprint density at radius 2 is 1.97 bits per heavy atom. The van der Waals surface area contributed by atoms with E-state index in [9.17, 15) is 9.59 Å². The number of nitrogens with zero attached hydrogens (tertiary/aromatic N) is 3. The van der Waals surface area contributed by atoms with Gasteiger partial charge in [-0.1, -0.05) is 30.3 Å². The molecule has 0 saturated carbocycles. The van der Waals surface area contributed by atoms with Crippen LogP contribution in [0, 0.1) is 5.92 Å². The fourth-order valence-electron chi connectivity index (χ4n) is 4.30. The Morgan fingerprint density at radius 3 is 2.77 bits per heavy atom. The van der Waals surface area contributed by atoms with Gasteiger partial charge < -0.3 is 14.5 Å². The van der Waals surface area contributed by atoms with Crippen molar-refractivity contribution in [2.45, 2.75) is 12.8 Å². The van der Waals surface area contributed by atoms with Gasteiger partial charge in [0.05, 0.1) is 24.6 Å². The molecule has 4 heterocycles. The molecule has 8 heteroatoms. The number of aromatic amines is 1. The third-order valence-corrected chi connectivity index (χ3v) is 6.86. The number of carbonyl (C=O) groups is 1. The zero-order valence-corrected chi connectivity index (χ0v) is 17.5. The largest absolute Gasteiger partial charge is 0.378 e. The van der Waals surface area contributed by atoms with Gasteiger partial charge in [-0.2, -0.15) is 0 Å². The van der Waals surface area contributed by atoms with E-state index < -0.39 is 0 Å². The van der Waals surface area contributed by atoms with E-state index >= 15 is 0 Å². The average Bonchev–Trinajstić information content (AvgIpc) is 3.24. The van der Waals surface area contributed by atoms with Crippen molar-refractivity contribution in [1.82, 2.24) is 14.9 Å². The maximum atomic E-state index is 13.0. The molecule has 1 aromatic carbocycles. The molecule has 156 valence electrons. The molecule has 0 aliphatic carbocycles. The van der Waals surface area contributed by atoms with E-state index in [1.165, 1.54) is 11.3 Å². The van der Waals surface area contributed by atoms with Crippen LogP contribution in [0.2, 0.25) is 0 Å². The van der Waals surface area contributed by atoms with E-state index in [2.05, 4.69) is 9.88 Å². The molecule has 30 heavy (non-hydrogen) atoms. The summed E-state index contributed by atoms with van der Waals surface area (Å²) in [6.45, 7) is 3.89. The molecule has 5 rings (SSSR count). The number of thiophene rings is 1. The lowest BCUT2D eigenvalue weighted by molar-refractivity contribution is -0.139. The summed E-state index contributed by atoms with van der Waals surface area (Å²) in [6.07, 6.45) is 1.77. The smallest absolute Gasteiger partial charge is 0.270 e. The monoisotopic (exact) mass is 424 g/mol. The van der Waals surface area contributed by atoms with Crippen molar-refractivity contribution < 1.29 is 9.53 Å². The molecule has 0 radical (unpaired) electrons. The summed E-state index contributed by atoms with van der Waals surface area (Å²) < 4.78 is 6.00. The van der Waals surface area contributed by atoms with Crippen molar-refractivity contribution >= 4 is 33.4 Å². The molecule has 2 aromatic heterocycles. The quantitative estimate of drug-likeness (QED) is 0.700. The van der Waals surface area contributed by atoms with Crippen LogP contribution < -0.4 is 10.5 Å². The number of piperidine rings is 1. The van der Waals surface area contributed by atoms with Gasteiger partial charge in [-0.05, 0) is 18.4 Å². The lowest BCUT2D eigenvalue weighted by atomic mass is 9.96. The average molecular weight is 425 g/mol. The SMILES string of the molecule is O=C(C1CCCN(c2nc3c(-c4ccccc4)csc3c(=O)[nH]2)C1)N1CCOCC1. The van der Waals surface area contributed by atoms with Gasteiger partial charge in [0.15, 0.2) is 0 Å². The fourth-order valence-corrected chi connectivity index (χ4v) is 5.21. The Morgan fingerprint density at radius 1 is 1.17 bits per heavy atom. The normalized spacial score (nSPS) is 19.9. The second-order valence-corrected chi connectivity index (χ2v) is 8.69. The van der Waals surface area contributed by atoms with Crippen molar-refractivity contribution in [3.05, 3.63) is 46.1 Å². The Labute approximate surface area is 178 Å². The fraction of sp³-hybridized carbons (Fsp3) is 0.409. The predicted molar refractivity (Wildman–Crippen MR) is 118 cm³/mol. The lowest BCUT2D eigenvalue weighted by Gasteiger charge is -2.36. The molecule has 1 atom stereocenters. The highest BCUT2D eigenvalue weighted by Crippen LogP contribution is 2.32. The van der Waals surface area contributed by atoms with Gasteiger partial charge in [0.25, 0.3) is 5.56 Å². The van der Waals surface area contributed by atoms with E-state index in [4.69, 9.17) is 9.72 Å². The molecule has 2 fully saturated rings. The van der Waals surface area contributed by atoms with Gasteiger partial charge in [-0.25, -0.2) is 4.98 Å². The topological polar surface area (TPSA) is 78.5 Å². The molecule has 3 aromatic rings. The van der Waals surface area contributed by atoms with Gasteiger partial charge in [0, 0.05) is 37.1 Å². The van der Waals surface area contributed by atoms with Gasteiger partial charge in [-0.15, -0.1) is 11.3 Å². The Bertz CT molecular complexity index is 1100. The summed E-state index contributed by atoms with van der Waals surface area (Å²) in [5.74, 6) is 0.670. The van der Waals surface area contributed by atoms with Crippen LogP contribution in [-0.4, -0.2) is 60.2 Å². The third kappa shape index (κ3) is 3.61. The zero-order chi connectivity index (χ0) is 20.5. The number of ether oxygens (including phenoxy) is 1. The number of hydrogen-bond acceptors (Lipinski definition) is 6. The first kappa shape index (κ1) is 19.3. The number of H-pyrrole nitrogens is 1. The molecule has 2 aliphatic heterocycles. The number of hydrogen-bond donors (Lipinski definition) is 1. The van der Waals surface area contributed by atoms with Crippen LogP contribution in [0.4, 0.5) is 5.95 Å². The van der Waals surface area contributed by atoms with Crippen molar-refractivity contribution in [3.63, 3.8) is 0 Å². The number of benzene rings is 1. The molecular weight excluding hydrogens is 400 g/mol. The van der Waals surface area contributed by atoms with Crippen molar-refractivity contribution in [2.24, 2.45) is 5.92 Å². The zero-order valence-electron chi connectivity index (χ0n) is 16.7. The van der Waals surface area contributed by atoms with Gasteiger partial charge in [-0.3, -0.25) is 14.6 Å². The minimum Gasteiger partial charge on any atom is -0.378 e. The summed E-state index contributed by atoms with van der Waals surface area (Å²) in [4.78, 5) is 37.5. The molecule has 1 N–H and O–H groups in total. The molecule has 0 spiro atoms. The molecule has 1 amide bonds. The number of morpholine rings is 1. The van der Waals surface area contributed by atoms with Crippen LogP contribution in [0.25, 0.3) is 21.3 Å². The number of rotatable bonds is 3. The number of anilines is 1. The van der Waals surface area contributed by atoms with Crippen molar-refractivity contribution in [1.29, 1.82) is 0 Å². The summed E-state index contributed by atoms with van der Waals surface area (Å²) >= 11 is 1.42. The molecule has 1 unspecified atom stereocenters. The molecule has 0 bridgehead atoms. The first-order valence-electron chi connectivity index (χ1n) is 10.4. The summed E-state index contributed by atoms with van der Waals surface area (Å²) in [6, 6.07) is 10.0. The second-order valence-electron chi connectivity index (χ2n) is 7.81. The predicted octanol–water partition coefficient (Wildman–Crippen LogP) is 2.73. The summed E-state index contributed by atoms with van der Waals surface area (Å²) in [5.41, 5.74) is 2.63. The van der Waals surface area contributed by atoms with E-state index in [0.29, 0.717) is 43.5 Å². The first-order valence-corrected chi connectivity index (χ1v) is 11.3. The van der Waals surface area contributed by atoms with E-state index in [1.807, 2.05) is 40.6 Å². The number of aromatic nitrogens is 2. The summed E-state index contributed by atoms with van der Waals surface area (Å²) in [7, 11) is 0. The number of carbonyl (C=O) groups excluding carboxylic acids is 1. The van der Waals surface area contributed by atoms with Gasteiger partial charge in [0.1, 0.15) is 4.70 Å². The van der Waals surface area contributed by atoms with E-state index in [-0.39, 0.29) is 17.4 Å². The number of fused-ring (bicyclic) bond motifs is 1. The maximum absolute atomic E-state index is 13.0. The van der Waals surface area contributed by atoms with Crippen LogP contribution >= 0.6 is 11.3 Å². The molecule has 7 nitrogen and oxygen atoms in total. The molecule has 2 aliphatic rings. The van der Waals surface area contributed by atoms with Gasteiger partial charge in [0.2, 0.25) is 11.9 Å². The third-order valence-electron chi connectivity index (χ3n) is 5.89. The van der Waals surface area contributed by atoms with Crippen LogP contribution in [0.15, 0.2) is 40.5 Å². The van der Waals surface area contributed by atoms with Gasteiger partial charge >= 0.3 is 0 Å². The Balaban J connectivity index is 1.44. The highest BCUT2D eigenvalue weighted by molar-refractivity contribution is 7.17. The highest BCUT2D eigenvalue weighted by Gasteiger charge is 2.31. The van der Waals surface area contributed by atoms with Crippen LogP contribution in [0.1, 0.15) is 12.8 Å². The summed E-state index contributed by atoms with van der Waals surface area (Å²) in [5, 5.41) is 1.99. The Kier molecular flexibility index (Phi) is 5.26.